The molecule has 0 radical (unpaired) electrons. The highest BCUT2D eigenvalue weighted by atomic mass is 19.1. The van der Waals surface area contributed by atoms with E-state index in [9.17, 15) is 9.18 Å². The quantitative estimate of drug-likeness (QED) is 0.735. The van der Waals surface area contributed by atoms with Crippen LogP contribution in [0.4, 0.5) is 10.1 Å². The van der Waals surface area contributed by atoms with E-state index in [0.29, 0.717) is 0 Å². The number of rotatable bonds is 5. The third kappa shape index (κ3) is 4.03. The molecule has 0 unspecified atom stereocenters. The van der Waals surface area contributed by atoms with Crippen molar-refractivity contribution >= 4 is 22.4 Å². The van der Waals surface area contributed by atoms with Crippen molar-refractivity contribution in [3.63, 3.8) is 0 Å². The predicted molar refractivity (Wildman–Crippen MR) is 98.9 cm³/mol. The number of fused-ring (bicyclic) bond motifs is 1. The van der Waals surface area contributed by atoms with Crippen molar-refractivity contribution in [3.05, 3.63) is 77.6 Å². The summed E-state index contributed by atoms with van der Waals surface area (Å²) >= 11 is 0. The largest absolute Gasteiger partial charge is 0.332 e. The van der Waals surface area contributed by atoms with Gasteiger partial charge in [-0.1, -0.05) is 48.5 Å². The molecular weight excluding hydrogens is 315 g/mol. The van der Waals surface area contributed by atoms with Crippen LogP contribution >= 0.6 is 0 Å². The maximum Gasteiger partial charge on any atom is 0.279 e. The van der Waals surface area contributed by atoms with Gasteiger partial charge in [-0.2, -0.15) is 0 Å². The molecule has 0 spiro atoms. The Kier molecular flexibility index (Phi) is 5.10. The van der Waals surface area contributed by atoms with Crippen LogP contribution in [0.15, 0.2) is 60.7 Å². The summed E-state index contributed by atoms with van der Waals surface area (Å²) in [6, 6.07) is 19.3. The summed E-state index contributed by atoms with van der Waals surface area (Å²) in [4.78, 5) is 12.1. The summed E-state index contributed by atoms with van der Waals surface area (Å²) < 4.78 is 13.8. The molecule has 3 aromatic carbocycles. The van der Waals surface area contributed by atoms with Gasteiger partial charge in [0.15, 0.2) is 6.54 Å². The first-order valence-corrected chi connectivity index (χ1v) is 8.41. The van der Waals surface area contributed by atoms with E-state index in [1.165, 1.54) is 22.4 Å². The minimum Gasteiger partial charge on any atom is -0.332 e. The van der Waals surface area contributed by atoms with Gasteiger partial charge in [0.1, 0.15) is 11.9 Å². The van der Waals surface area contributed by atoms with Gasteiger partial charge in [0, 0.05) is 5.56 Å². The van der Waals surface area contributed by atoms with Crippen molar-refractivity contribution in [2.24, 2.45) is 0 Å². The van der Waals surface area contributed by atoms with Gasteiger partial charge < -0.3 is 10.6 Å². The molecule has 0 fully saturated rings. The van der Waals surface area contributed by atoms with Crippen molar-refractivity contribution in [1.29, 1.82) is 0 Å². The topological polar surface area (TPSA) is 45.7 Å². The smallest absolute Gasteiger partial charge is 0.279 e. The average molecular weight is 337 g/mol. The lowest BCUT2D eigenvalue weighted by atomic mass is 10.00. The number of anilines is 1. The summed E-state index contributed by atoms with van der Waals surface area (Å²) in [6.07, 6.45) is 0. The number of amides is 1. The lowest BCUT2D eigenvalue weighted by Gasteiger charge is -2.14. The number of hydrogen-bond donors (Lipinski definition) is 2. The molecule has 0 aliphatic rings. The summed E-state index contributed by atoms with van der Waals surface area (Å²) in [5.41, 5.74) is 2.24. The average Bonchev–Trinajstić information content (AvgIpc) is 2.61. The number of carbonyl (C=O) groups excluding carboxylic acids is 1. The van der Waals surface area contributed by atoms with Crippen LogP contribution in [0.5, 0.6) is 0 Å². The lowest BCUT2D eigenvalue weighted by molar-refractivity contribution is -0.682. The highest BCUT2D eigenvalue weighted by Crippen LogP contribution is 2.22. The van der Waals surface area contributed by atoms with Crippen LogP contribution in [-0.4, -0.2) is 12.5 Å². The standard InChI is InChI=1S/C21H21FN2O/c1-14-10-11-20(19(22)12-14)24-21(25)13-23-15(2)17-9-5-7-16-6-3-4-8-18(16)17/h3-12,15,23H,13H2,1-2H3,(H,24,25)/p+1/t15-/m0/s1. The number of nitrogens with one attached hydrogen (secondary N) is 1. The van der Waals surface area contributed by atoms with E-state index >= 15 is 0 Å². The van der Waals surface area contributed by atoms with E-state index in [1.54, 1.807) is 12.1 Å². The second-order valence-electron chi connectivity index (χ2n) is 6.33. The summed E-state index contributed by atoms with van der Waals surface area (Å²) in [5, 5.41) is 6.98. The van der Waals surface area contributed by atoms with E-state index < -0.39 is 5.82 Å². The van der Waals surface area contributed by atoms with Crippen molar-refractivity contribution in [2.75, 3.05) is 11.9 Å². The molecule has 0 saturated carbocycles. The first-order chi connectivity index (χ1) is 12.0. The van der Waals surface area contributed by atoms with Crippen LogP contribution in [0.3, 0.4) is 0 Å². The fourth-order valence-electron chi connectivity index (χ4n) is 2.98. The third-order valence-electron chi connectivity index (χ3n) is 4.37. The summed E-state index contributed by atoms with van der Waals surface area (Å²) in [6.45, 7) is 4.12. The van der Waals surface area contributed by atoms with E-state index in [-0.39, 0.29) is 24.2 Å². The van der Waals surface area contributed by atoms with E-state index in [2.05, 4.69) is 36.5 Å². The molecule has 0 aliphatic carbocycles. The number of aryl methyl sites for hydroxylation is 1. The Morgan fingerprint density at radius 3 is 2.68 bits per heavy atom. The van der Waals surface area contributed by atoms with Gasteiger partial charge in [-0.05, 0) is 42.3 Å². The number of carbonyl (C=O) groups is 1. The zero-order valence-corrected chi connectivity index (χ0v) is 14.4. The van der Waals surface area contributed by atoms with Crippen LogP contribution in [0.25, 0.3) is 10.8 Å². The molecule has 4 heteroatoms. The molecule has 3 rings (SSSR count). The van der Waals surface area contributed by atoms with Gasteiger partial charge in [0.05, 0.1) is 5.69 Å². The molecular formula is C21H22FN2O+. The Labute approximate surface area is 146 Å². The summed E-state index contributed by atoms with van der Waals surface area (Å²) in [5.74, 6) is -0.620. The molecule has 1 amide bonds. The second kappa shape index (κ2) is 7.45. The Morgan fingerprint density at radius 2 is 1.88 bits per heavy atom. The van der Waals surface area contributed by atoms with Crippen molar-refractivity contribution < 1.29 is 14.5 Å². The van der Waals surface area contributed by atoms with Gasteiger partial charge in [-0.15, -0.1) is 0 Å². The van der Waals surface area contributed by atoms with Crippen molar-refractivity contribution in [1.82, 2.24) is 0 Å². The van der Waals surface area contributed by atoms with Crippen LogP contribution in [0.1, 0.15) is 24.1 Å². The molecule has 3 N–H and O–H groups in total. The fraction of sp³-hybridized carbons (Fsp3) is 0.190. The maximum absolute atomic E-state index is 13.8. The van der Waals surface area contributed by atoms with Crippen LogP contribution < -0.4 is 10.6 Å². The number of nitrogens with two attached hydrogens (primary N) is 1. The molecule has 3 aromatic rings. The third-order valence-corrected chi connectivity index (χ3v) is 4.37. The number of quaternary nitrogens is 1. The van der Waals surface area contributed by atoms with Crippen LogP contribution in [0.2, 0.25) is 0 Å². The molecule has 0 heterocycles. The Balaban J connectivity index is 1.65. The monoisotopic (exact) mass is 337 g/mol. The molecule has 0 aromatic heterocycles. The van der Waals surface area contributed by atoms with Crippen molar-refractivity contribution in [3.8, 4) is 0 Å². The van der Waals surface area contributed by atoms with E-state index in [4.69, 9.17) is 0 Å². The maximum atomic E-state index is 13.8. The molecule has 0 bridgehead atoms. The molecule has 0 aliphatic heterocycles. The first-order valence-electron chi connectivity index (χ1n) is 8.41. The van der Waals surface area contributed by atoms with Crippen molar-refractivity contribution in [2.45, 2.75) is 19.9 Å². The molecule has 128 valence electrons. The Bertz CT molecular complexity index is 902. The highest BCUT2D eigenvalue weighted by Gasteiger charge is 2.15. The van der Waals surface area contributed by atoms with Crippen LogP contribution in [0, 0.1) is 12.7 Å². The number of hydrogen-bond acceptors (Lipinski definition) is 1. The number of halogens is 1. The number of benzene rings is 3. The van der Waals surface area contributed by atoms with Gasteiger partial charge in [0.25, 0.3) is 5.91 Å². The molecule has 0 saturated heterocycles. The minimum absolute atomic E-state index is 0.125. The minimum atomic E-state index is -0.407. The van der Waals surface area contributed by atoms with E-state index in [0.717, 1.165) is 5.56 Å². The SMILES string of the molecule is Cc1ccc(NC(=O)C[NH2+][C@@H](C)c2cccc3ccccc23)c(F)c1. The summed E-state index contributed by atoms with van der Waals surface area (Å²) in [7, 11) is 0. The van der Waals surface area contributed by atoms with E-state index in [1.807, 2.05) is 30.4 Å². The van der Waals surface area contributed by atoms with Gasteiger partial charge in [-0.3, -0.25) is 4.79 Å². The normalized spacial score (nSPS) is 12.1. The van der Waals surface area contributed by atoms with Gasteiger partial charge in [0.2, 0.25) is 0 Å². The molecule has 3 nitrogen and oxygen atoms in total. The highest BCUT2D eigenvalue weighted by molar-refractivity contribution is 5.91. The first kappa shape index (κ1) is 17.1. The zero-order chi connectivity index (χ0) is 17.8. The Hall–Kier alpha value is -2.72. The second-order valence-corrected chi connectivity index (χ2v) is 6.33. The Morgan fingerprint density at radius 1 is 1.12 bits per heavy atom. The lowest BCUT2D eigenvalue weighted by Crippen LogP contribution is -2.86. The van der Waals surface area contributed by atoms with Gasteiger partial charge >= 0.3 is 0 Å². The van der Waals surface area contributed by atoms with Gasteiger partial charge in [-0.25, -0.2) is 4.39 Å². The zero-order valence-electron chi connectivity index (χ0n) is 14.4. The molecule has 25 heavy (non-hydrogen) atoms. The van der Waals surface area contributed by atoms with Crippen LogP contribution in [-0.2, 0) is 4.79 Å². The fourth-order valence-corrected chi connectivity index (χ4v) is 2.98. The predicted octanol–water partition coefficient (Wildman–Crippen LogP) is 3.55. The molecule has 1 atom stereocenters.